The molecule has 0 unspecified atom stereocenters. The maximum atomic E-state index is 6.31. The Morgan fingerprint density at radius 2 is 1.73 bits per heavy atom. The summed E-state index contributed by atoms with van der Waals surface area (Å²) in [6, 6.07) is 32.5. The molecule has 6 aromatic rings. The minimum atomic E-state index is 0.420. The van der Waals surface area contributed by atoms with E-state index in [1.54, 1.807) is 19.4 Å². The van der Waals surface area contributed by atoms with Crippen LogP contribution in [-0.2, 0) is 6.54 Å². The fraction of sp³-hybridized carbons (Fsp3) is 0.0882. The molecule has 3 heterocycles. The topological polar surface area (TPSA) is 82.1 Å². The normalized spacial score (nSPS) is 11.0. The van der Waals surface area contributed by atoms with E-state index in [9.17, 15) is 0 Å². The van der Waals surface area contributed by atoms with Gasteiger partial charge < -0.3 is 15.4 Å². The number of imidazole rings is 1. The Bertz CT molecular complexity index is 1840. The van der Waals surface area contributed by atoms with E-state index in [0.717, 1.165) is 62.8 Å². The number of benzene rings is 3. The van der Waals surface area contributed by atoms with Gasteiger partial charge in [-0.15, -0.1) is 0 Å². The van der Waals surface area contributed by atoms with Gasteiger partial charge in [0.1, 0.15) is 17.1 Å². The summed E-state index contributed by atoms with van der Waals surface area (Å²) in [6.07, 6.45) is 3.48. The lowest BCUT2D eigenvalue weighted by Crippen LogP contribution is -2.16. The minimum Gasteiger partial charge on any atom is -0.496 e. The molecule has 7 heteroatoms. The number of pyridine rings is 2. The summed E-state index contributed by atoms with van der Waals surface area (Å²) in [5, 5.41) is 0. The van der Waals surface area contributed by atoms with E-state index in [-0.39, 0.29) is 0 Å². The van der Waals surface area contributed by atoms with Crippen LogP contribution in [0.1, 0.15) is 11.1 Å². The molecule has 0 saturated heterocycles. The van der Waals surface area contributed by atoms with Crippen LogP contribution in [0.4, 0.5) is 11.5 Å². The fourth-order valence-electron chi connectivity index (χ4n) is 4.98. The predicted molar refractivity (Wildman–Crippen MR) is 167 cm³/mol. The first kappa shape index (κ1) is 25.8. The molecule has 7 nitrogen and oxygen atoms in total. The molecule has 0 fully saturated rings. The van der Waals surface area contributed by atoms with Gasteiger partial charge in [0, 0.05) is 48.4 Å². The number of nitrogen functional groups attached to an aromatic ring is 1. The van der Waals surface area contributed by atoms with Gasteiger partial charge in [-0.05, 0) is 54.1 Å². The third kappa shape index (κ3) is 5.01. The van der Waals surface area contributed by atoms with Gasteiger partial charge in [0.05, 0.1) is 18.4 Å². The molecule has 0 amide bonds. The Morgan fingerprint density at radius 1 is 0.927 bits per heavy atom. The Hall–Kier alpha value is -5.43. The fourth-order valence-corrected chi connectivity index (χ4v) is 4.98. The molecule has 3 aromatic heterocycles. The number of nitrogens with zero attached hydrogens (tertiary/aromatic N) is 5. The highest BCUT2D eigenvalue weighted by atomic mass is 16.5. The standard InChI is InChI=1S/C34H30N6O/c1-4-24-14-17-27(21-31(24)41-3)39(2)22-23-12-15-26(16-13-23)40-33(28-11-8-20-36-32(28)35)38-30-19-18-29(37-34(30)40)25-9-6-5-7-10-25/h4-21H,1,22H2,2-3H3,(H2,35,36). The maximum Gasteiger partial charge on any atom is 0.165 e. The molecule has 0 radical (unpaired) electrons. The highest BCUT2D eigenvalue weighted by Crippen LogP contribution is 2.32. The summed E-state index contributed by atoms with van der Waals surface area (Å²) < 4.78 is 7.59. The van der Waals surface area contributed by atoms with Crippen molar-refractivity contribution in [2.45, 2.75) is 6.54 Å². The number of fused-ring (bicyclic) bond motifs is 1. The Labute approximate surface area is 239 Å². The maximum absolute atomic E-state index is 6.31. The largest absolute Gasteiger partial charge is 0.496 e. The van der Waals surface area contributed by atoms with Crippen LogP contribution in [0.3, 0.4) is 0 Å². The lowest BCUT2D eigenvalue weighted by Gasteiger charge is -2.21. The van der Waals surface area contributed by atoms with Crippen LogP contribution in [0, 0.1) is 0 Å². The van der Waals surface area contributed by atoms with E-state index in [2.05, 4.69) is 70.5 Å². The number of methoxy groups -OCH3 is 1. The quantitative estimate of drug-likeness (QED) is 0.224. The van der Waals surface area contributed by atoms with Gasteiger partial charge in [0.15, 0.2) is 11.5 Å². The van der Waals surface area contributed by atoms with E-state index >= 15 is 0 Å². The number of rotatable bonds is 8. The van der Waals surface area contributed by atoms with E-state index in [1.807, 2.05) is 54.6 Å². The number of nitrogens with two attached hydrogens (primary N) is 1. The van der Waals surface area contributed by atoms with E-state index in [4.69, 9.17) is 20.4 Å². The van der Waals surface area contributed by atoms with Gasteiger partial charge in [0.2, 0.25) is 0 Å². The van der Waals surface area contributed by atoms with Gasteiger partial charge in [-0.1, -0.05) is 55.1 Å². The van der Waals surface area contributed by atoms with E-state index < -0.39 is 0 Å². The van der Waals surface area contributed by atoms with Crippen LogP contribution in [-0.4, -0.2) is 33.7 Å². The van der Waals surface area contributed by atoms with Gasteiger partial charge in [-0.25, -0.2) is 15.0 Å². The summed E-state index contributed by atoms with van der Waals surface area (Å²) >= 11 is 0. The molecule has 41 heavy (non-hydrogen) atoms. The third-order valence-corrected chi connectivity index (χ3v) is 7.15. The molecular formula is C34H30N6O. The molecule has 0 aliphatic carbocycles. The summed E-state index contributed by atoms with van der Waals surface area (Å²) in [4.78, 5) is 16.5. The zero-order chi connectivity index (χ0) is 28.3. The van der Waals surface area contributed by atoms with Crippen molar-refractivity contribution in [3.63, 3.8) is 0 Å². The zero-order valence-electron chi connectivity index (χ0n) is 23.0. The molecule has 0 spiro atoms. The van der Waals surface area contributed by atoms with E-state index in [0.29, 0.717) is 11.6 Å². The molecule has 0 atom stereocenters. The number of hydrogen-bond acceptors (Lipinski definition) is 6. The van der Waals surface area contributed by atoms with Crippen molar-refractivity contribution in [1.82, 2.24) is 19.5 Å². The van der Waals surface area contributed by atoms with Crippen molar-refractivity contribution < 1.29 is 4.74 Å². The summed E-state index contributed by atoms with van der Waals surface area (Å²) in [6.45, 7) is 4.59. The SMILES string of the molecule is C=Cc1ccc(N(C)Cc2ccc(-n3c(-c4cccnc4N)nc4ccc(-c5ccccc5)nc43)cc2)cc1OC. The average Bonchev–Trinajstić information content (AvgIpc) is 3.40. The van der Waals surface area contributed by atoms with Gasteiger partial charge in [-0.2, -0.15) is 0 Å². The van der Waals surface area contributed by atoms with Crippen molar-refractivity contribution in [1.29, 1.82) is 0 Å². The van der Waals surface area contributed by atoms with Crippen molar-refractivity contribution in [3.05, 3.63) is 121 Å². The molecule has 2 N–H and O–H groups in total. The number of hydrogen-bond donors (Lipinski definition) is 1. The van der Waals surface area contributed by atoms with Crippen molar-refractivity contribution >= 4 is 28.7 Å². The Kier molecular flexibility index (Phi) is 6.92. The van der Waals surface area contributed by atoms with Crippen LogP contribution >= 0.6 is 0 Å². The Morgan fingerprint density at radius 3 is 2.46 bits per heavy atom. The average molecular weight is 539 g/mol. The first-order valence-electron chi connectivity index (χ1n) is 13.3. The summed E-state index contributed by atoms with van der Waals surface area (Å²) in [7, 11) is 3.74. The van der Waals surface area contributed by atoms with Crippen LogP contribution in [0.5, 0.6) is 5.75 Å². The molecule has 0 saturated carbocycles. The number of ether oxygens (including phenoxy) is 1. The highest BCUT2D eigenvalue weighted by Gasteiger charge is 2.19. The first-order valence-corrected chi connectivity index (χ1v) is 13.3. The van der Waals surface area contributed by atoms with Crippen molar-refractivity contribution in [2.24, 2.45) is 0 Å². The molecule has 0 aliphatic heterocycles. The number of anilines is 2. The first-order chi connectivity index (χ1) is 20.1. The van der Waals surface area contributed by atoms with Gasteiger partial charge >= 0.3 is 0 Å². The number of aromatic nitrogens is 4. The van der Waals surface area contributed by atoms with Crippen LogP contribution < -0.4 is 15.4 Å². The van der Waals surface area contributed by atoms with Gasteiger partial charge in [0.25, 0.3) is 0 Å². The monoisotopic (exact) mass is 538 g/mol. The third-order valence-electron chi connectivity index (χ3n) is 7.15. The molecule has 6 rings (SSSR count). The lowest BCUT2D eigenvalue weighted by molar-refractivity contribution is 0.414. The smallest absolute Gasteiger partial charge is 0.165 e. The highest BCUT2D eigenvalue weighted by molar-refractivity contribution is 5.84. The van der Waals surface area contributed by atoms with Crippen LogP contribution in [0.25, 0.3) is 45.6 Å². The zero-order valence-corrected chi connectivity index (χ0v) is 23.0. The van der Waals surface area contributed by atoms with E-state index in [1.165, 1.54) is 0 Å². The Balaban J connectivity index is 1.39. The second-order valence-corrected chi connectivity index (χ2v) is 9.77. The summed E-state index contributed by atoms with van der Waals surface area (Å²) in [5.74, 6) is 1.92. The van der Waals surface area contributed by atoms with Crippen LogP contribution in [0.15, 0.2) is 110 Å². The van der Waals surface area contributed by atoms with Crippen molar-refractivity contribution in [2.75, 3.05) is 24.8 Å². The second kappa shape index (κ2) is 11.0. The van der Waals surface area contributed by atoms with Crippen molar-refractivity contribution in [3.8, 4) is 34.1 Å². The second-order valence-electron chi connectivity index (χ2n) is 9.77. The predicted octanol–water partition coefficient (Wildman–Crippen LogP) is 7.02. The summed E-state index contributed by atoms with van der Waals surface area (Å²) in [5.41, 5.74) is 14.6. The van der Waals surface area contributed by atoms with Gasteiger partial charge in [-0.3, -0.25) is 4.57 Å². The van der Waals surface area contributed by atoms with Crippen LogP contribution in [0.2, 0.25) is 0 Å². The molecule has 0 aliphatic rings. The minimum absolute atomic E-state index is 0.420. The molecule has 3 aromatic carbocycles. The molecular weight excluding hydrogens is 508 g/mol. The molecule has 0 bridgehead atoms. The molecule has 202 valence electrons. The lowest BCUT2D eigenvalue weighted by atomic mass is 10.1.